The summed E-state index contributed by atoms with van der Waals surface area (Å²) in [5, 5.41) is 8.86. The monoisotopic (exact) mass is 297 g/mol. The molecule has 0 aliphatic heterocycles. The molecular formula is C16H15N3O3. The van der Waals surface area contributed by atoms with Crippen molar-refractivity contribution in [2.45, 2.75) is 6.54 Å². The zero-order valence-corrected chi connectivity index (χ0v) is 11.9. The molecule has 0 radical (unpaired) electrons. The number of urea groups is 1. The maximum absolute atomic E-state index is 12.2. The van der Waals surface area contributed by atoms with E-state index in [0.717, 1.165) is 11.2 Å². The highest BCUT2D eigenvalue weighted by atomic mass is 16.5. The van der Waals surface area contributed by atoms with E-state index >= 15 is 0 Å². The molecule has 112 valence electrons. The van der Waals surface area contributed by atoms with Crippen LogP contribution in [-0.2, 0) is 16.1 Å². The van der Waals surface area contributed by atoms with Crippen LogP contribution in [-0.4, -0.2) is 16.8 Å². The minimum absolute atomic E-state index is 0.0305. The Morgan fingerprint density at radius 2 is 2.09 bits per heavy atom. The highest BCUT2D eigenvalue weighted by molar-refractivity contribution is 6.05. The van der Waals surface area contributed by atoms with Gasteiger partial charge in [-0.05, 0) is 17.7 Å². The first kappa shape index (κ1) is 16.7. The molecule has 2 N–H and O–H groups in total. The maximum Gasteiger partial charge on any atom is 0.322 e. The Balaban J connectivity index is 2.99. The second-order valence-corrected chi connectivity index (χ2v) is 4.23. The van der Waals surface area contributed by atoms with Gasteiger partial charge < -0.3 is 10.5 Å². The lowest BCUT2D eigenvalue weighted by Crippen LogP contribution is -2.41. The number of hydrogen-bond donors (Lipinski definition) is 1. The molecule has 0 heterocycles. The molecule has 0 spiro atoms. The van der Waals surface area contributed by atoms with E-state index in [9.17, 15) is 9.59 Å². The van der Waals surface area contributed by atoms with Gasteiger partial charge in [0, 0.05) is 0 Å². The number of ether oxygens (including phenoxy) is 1. The number of benzene rings is 1. The van der Waals surface area contributed by atoms with Crippen LogP contribution < -0.4 is 5.73 Å². The fourth-order valence-corrected chi connectivity index (χ4v) is 1.63. The van der Waals surface area contributed by atoms with Crippen molar-refractivity contribution in [3.63, 3.8) is 0 Å². The van der Waals surface area contributed by atoms with Crippen LogP contribution in [0.4, 0.5) is 4.79 Å². The summed E-state index contributed by atoms with van der Waals surface area (Å²) in [4.78, 5) is 24.5. The molecule has 6 nitrogen and oxygen atoms in total. The summed E-state index contributed by atoms with van der Waals surface area (Å²) in [6.45, 7) is 10.3. The number of carbonyl (C=O) groups is 2. The van der Waals surface area contributed by atoms with E-state index in [4.69, 9.17) is 15.7 Å². The number of nitrogens with zero attached hydrogens (tertiary/aromatic N) is 2. The predicted molar refractivity (Wildman–Crippen MR) is 80.9 cm³/mol. The summed E-state index contributed by atoms with van der Waals surface area (Å²) in [6, 6.07) is 7.51. The smallest absolute Gasteiger partial charge is 0.322 e. The lowest BCUT2D eigenvalue weighted by atomic mass is 10.1. The highest BCUT2D eigenvalue weighted by Gasteiger charge is 2.24. The average molecular weight is 297 g/mol. The standard InChI is InChI=1S/C16H15N3O3/c1-4-22-12(3)11(2)15(20)19(16(18)21)10-14-7-5-6-13(8-14)9-17/h4-8H,1-3,10H2,(H2,18,21). The maximum atomic E-state index is 12.2. The first-order valence-corrected chi connectivity index (χ1v) is 6.16. The van der Waals surface area contributed by atoms with E-state index in [-0.39, 0.29) is 17.9 Å². The van der Waals surface area contributed by atoms with Gasteiger partial charge >= 0.3 is 6.03 Å². The van der Waals surface area contributed by atoms with E-state index in [2.05, 4.69) is 19.7 Å². The van der Waals surface area contributed by atoms with Crippen molar-refractivity contribution in [1.29, 1.82) is 5.26 Å². The van der Waals surface area contributed by atoms with Gasteiger partial charge in [-0.25, -0.2) is 4.79 Å². The number of rotatable bonds is 6. The number of nitriles is 1. The predicted octanol–water partition coefficient (Wildman–Crippen LogP) is 2.20. The van der Waals surface area contributed by atoms with Crippen LogP contribution in [0.1, 0.15) is 11.1 Å². The summed E-state index contributed by atoms with van der Waals surface area (Å²) in [5.41, 5.74) is 6.11. The van der Waals surface area contributed by atoms with E-state index in [0.29, 0.717) is 11.1 Å². The van der Waals surface area contributed by atoms with Crippen molar-refractivity contribution in [2.24, 2.45) is 5.73 Å². The van der Waals surface area contributed by atoms with Crippen LogP contribution >= 0.6 is 0 Å². The number of carbonyl (C=O) groups excluding carboxylic acids is 2. The van der Waals surface area contributed by atoms with Gasteiger partial charge in [0.15, 0.2) is 0 Å². The second-order valence-electron chi connectivity index (χ2n) is 4.23. The van der Waals surface area contributed by atoms with Crippen molar-refractivity contribution in [3.05, 3.63) is 72.7 Å². The topological polar surface area (TPSA) is 96.4 Å². The Morgan fingerprint density at radius 3 is 2.64 bits per heavy atom. The van der Waals surface area contributed by atoms with E-state index in [1.165, 1.54) is 0 Å². The Kier molecular flexibility index (Phi) is 5.66. The average Bonchev–Trinajstić information content (AvgIpc) is 2.51. The molecule has 6 heteroatoms. The summed E-state index contributed by atoms with van der Waals surface area (Å²) >= 11 is 0. The summed E-state index contributed by atoms with van der Waals surface area (Å²) in [7, 11) is 0. The lowest BCUT2D eigenvalue weighted by Gasteiger charge is -2.20. The molecule has 0 aliphatic rings. The Morgan fingerprint density at radius 1 is 1.41 bits per heavy atom. The molecule has 1 aromatic rings. The van der Waals surface area contributed by atoms with Crippen LogP contribution in [0.15, 0.2) is 61.6 Å². The van der Waals surface area contributed by atoms with E-state index in [1.54, 1.807) is 24.3 Å². The van der Waals surface area contributed by atoms with Gasteiger partial charge in [0.2, 0.25) is 0 Å². The number of amides is 3. The summed E-state index contributed by atoms with van der Waals surface area (Å²) < 4.78 is 4.87. The number of primary amides is 1. The molecule has 1 rings (SSSR count). The van der Waals surface area contributed by atoms with E-state index < -0.39 is 11.9 Å². The molecule has 1 aromatic carbocycles. The van der Waals surface area contributed by atoms with Gasteiger partial charge in [-0.15, -0.1) is 0 Å². The largest absolute Gasteiger partial charge is 0.465 e. The molecule has 0 aliphatic carbocycles. The molecule has 0 aromatic heterocycles. The van der Waals surface area contributed by atoms with Crippen molar-refractivity contribution in [3.8, 4) is 6.07 Å². The third kappa shape index (κ3) is 4.08. The molecule has 3 amide bonds. The molecule has 0 atom stereocenters. The number of imide groups is 1. The van der Waals surface area contributed by atoms with Gasteiger partial charge in [0.25, 0.3) is 5.91 Å². The number of hydrogen-bond acceptors (Lipinski definition) is 4. The zero-order chi connectivity index (χ0) is 16.7. The fraction of sp³-hybridized carbons (Fsp3) is 0.0625. The van der Waals surface area contributed by atoms with Gasteiger partial charge in [-0.2, -0.15) is 5.26 Å². The van der Waals surface area contributed by atoms with Gasteiger partial charge in [-0.3, -0.25) is 9.69 Å². The van der Waals surface area contributed by atoms with Crippen LogP contribution in [0.25, 0.3) is 0 Å². The van der Waals surface area contributed by atoms with Crippen LogP contribution in [0.5, 0.6) is 0 Å². The van der Waals surface area contributed by atoms with Crippen molar-refractivity contribution < 1.29 is 14.3 Å². The third-order valence-electron chi connectivity index (χ3n) is 2.73. The molecule has 22 heavy (non-hydrogen) atoms. The van der Waals surface area contributed by atoms with Gasteiger partial charge in [-0.1, -0.05) is 31.9 Å². The number of nitrogens with two attached hydrogens (primary N) is 1. The van der Waals surface area contributed by atoms with Crippen LogP contribution in [0.3, 0.4) is 0 Å². The van der Waals surface area contributed by atoms with Crippen molar-refractivity contribution >= 4 is 11.9 Å². The highest BCUT2D eigenvalue weighted by Crippen LogP contribution is 2.14. The van der Waals surface area contributed by atoms with Crippen LogP contribution in [0.2, 0.25) is 0 Å². The van der Waals surface area contributed by atoms with Gasteiger partial charge in [0.1, 0.15) is 5.76 Å². The SMILES string of the molecule is C=COC(=C)C(=C)C(=O)N(Cc1cccc(C#N)c1)C(N)=O. The van der Waals surface area contributed by atoms with Crippen LogP contribution in [0, 0.1) is 11.3 Å². The summed E-state index contributed by atoms with van der Waals surface area (Å²) in [5.74, 6) is -0.765. The van der Waals surface area contributed by atoms with Crippen molar-refractivity contribution in [1.82, 2.24) is 4.90 Å². The zero-order valence-electron chi connectivity index (χ0n) is 11.9. The molecule has 0 unspecified atom stereocenters. The second kappa shape index (κ2) is 7.45. The Hall–Kier alpha value is -3.33. The molecule has 0 saturated heterocycles. The normalized spacial score (nSPS) is 9.23. The van der Waals surface area contributed by atoms with Gasteiger partial charge in [0.05, 0.1) is 30.0 Å². The Bertz CT molecular complexity index is 686. The van der Waals surface area contributed by atoms with Crippen molar-refractivity contribution in [2.75, 3.05) is 0 Å². The molecule has 0 fully saturated rings. The third-order valence-corrected chi connectivity index (χ3v) is 2.73. The fourth-order valence-electron chi connectivity index (χ4n) is 1.63. The van der Waals surface area contributed by atoms with E-state index in [1.807, 2.05) is 6.07 Å². The first-order chi connectivity index (χ1) is 10.4. The quantitative estimate of drug-likeness (QED) is 0.494. The minimum Gasteiger partial charge on any atom is -0.465 e. The first-order valence-electron chi connectivity index (χ1n) is 6.16. The Labute approximate surface area is 128 Å². The minimum atomic E-state index is -0.945. The lowest BCUT2D eigenvalue weighted by molar-refractivity contribution is -0.124. The molecular weight excluding hydrogens is 282 g/mol. The molecule has 0 saturated carbocycles. The molecule has 0 bridgehead atoms. The summed E-state index contributed by atoms with van der Waals surface area (Å²) in [6.07, 6.45) is 1.09.